The van der Waals surface area contributed by atoms with Crippen molar-refractivity contribution < 1.29 is 28.9 Å². The molecule has 198 valence electrons. The molecule has 0 aromatic heterocycles. The van der Waals surface area contributed by atoms with Crippen molar-refractivity contribution in [2.24, 2.45) is 0 Å². The summed E-state index contributed by atoms with van der Waals surface area (Å²) in [7, 11) is 0. The lowest BCUT2D eigenvalue weighted by molar-refractivity contribution is 0.0953. The van der Waals surface area contributed by atoms with Crippen LogP contribution in [0.2, 0.25) is 0 Å². The third kappa shape index (κ3) is 7.58. The predicted octanol–water partition coefficient (Wildman–Crippen LogP) is 4.09. The van der Waals surface area contributed by atoms with Gasteiger partial charge in [0.1, 0.15) is 17.4 Å². The standard InChI is InChI=1S/C29H34F2N2O4/c1-18-7-9-24(30)23(27(18)31)11-12-32-28(37)21-6-4-5-19(13-21)15-29(2,3)33-16-26(36)20-8-10-25(35)22(14-20)17-34/h4-10,13-14,26,33-36H,11-12,15-17H2,1-3H3,(H,32,37)/t26-/m0/s1. The SMILES string of the molecule is Cc1ccc(F)c(CCNC(=O)c2cccc(CC(C)(C)NC[C@H](O)c3ccc(O)c(CO)c3)c2)c1F. The highest BCUT2D eigenvalue weighted by atomic mass is 19.1. The average Bonchev–Trinajstić information content (AvgIpc) is 2.87. The molecule has 0 bridgehead atoms. The fourth-order valence-corrected chi connectivity index (χ4v) is 4.17. The molecule has 0 radical (unpaired) electrons. The molecule has 0 aliphatic heterocycles. The normalized spacial score (nSPS) is 12.4. The van der Waals surface area contributed by atoms with Crippen molar-refractivity contribution in [1.82, 2.24) is 10.6 Å². The number of benzene rings is 3. The van der Waals surface area contributed by atoms with Crippen molar-refractivity contribution in [2.75, 3.05) is 13.1 Å². The first-order chi connectivity index (χ1) is 17.5. The van der Waals surface area contributed by atoms with Crippen molar-refractivity contribution in [2.45, 2.75) is 51.9 Å². The maximum Gasteiger partial charge on any atom is 0.251 e. The molecule has 0 saturated carbocycles. The first-order valence-corrected chi connectivity index (χ1v) is 12.2. The van der Waals surface area contributed by atoms with E-state index in [2.05, 4.69) is 10.6 Å². The predicted molar refractivity (Wildman–Crippen MR) is 138 cm³/mol. The van der Waals surface area contributed by atoms with Crippen LogP contribution in [0.5, 0.6) is 5.75 Å². The number of phenols is 1. The Balaban J connectivity index is 1.56. The molecular formula is C29H34F2N2O4. The molecule has 5 N–H and O–H groups in total. The third-order valence-electron chi connectivity index (χ3n) is 6.31. The first-order valence-electron chi connectivity index (χ1n) is 12.2. The number of aromatic hydroxyl groups is 1. The van der Waals surface area contributed by atoms with Gasteiger partial charge >= 0.3 is 0 Å². The Hall–Kier alpha value is -3.33. The van der Waals surface area contributed by atoms with Crippen molar-refractivity contribution in [3.8, 4) is 5.75 Å². The molecule has 1 amide bonds. The van der Waals surface area contributed by atoms with Crippen LogP contribution in [0.3, 0.4) is 0 Å². The maximum absolute atomic E-state index is 14.2. The van der Waals surface area contributed by atoms with Crippen LogP contribution in [-0.2, 0) is 19.4 Å². The van der Waals surface area contributed by atoms with Crippen LogP contribution < -0.4 is 10.6 Å². The van der Waals surface area contributed by atoms with E-state index in [1.165, 1.54) is 18.2 Å². The number of carbonyl (C=O) groups excluding carboxylic acids is 1. The van der Waals surface area contributed by atoms with Gasteiger partial charge in [-0.15, -0.1) is 0 Å². The lowest BCUT2D eigenvalue weighted by atomic mass is 9.93. The molecule has 0 aliphatic carbocycles. The van der Waals surface area contributed by atoms with Gasteiger partial charge in [0.05, 0.1) is 12.7 Å². The van der Waals surface area contributed by atoms with Crippen molar-refractivity contribution in [3.05, 3.63) is 99.6 Å². The van der Waals surface area contributed by atoms with Gasteiger partial charge in [0.15, 0.2) is 0 Å². The number of halogens is 2. The van der Waals surface area contributed by atoms with E-state index in [4.69, 9.17) is 0 Å². The zero-order valence-electron chi connectivity index (χ0n) is 21.3. The van der Waals surface area contributed by atoms with Crippen LogP contribution in [0.1, 0.15) is 58.1 Å². The van der Waals surface area contributed by atoms with E-state index in [1.807, 2.05) is 19.9 Å². The third-order valence-corrected chi connectivity index (χ3v) is 6.31. The van der Waals surface area contributed by atoms with Crippen LogP contribution in [-0.4, -0.2) is 39.9 Å². The minimum absolute atomic E-state index is 0.0230. The van der Waals surface area contributed by atoms with E-state index >= 15 is 0 Å². The second-order valence-corrected chi connectivity index (χ2v) is 9.87. The topological polar surface area (TPSA) is 102 Å². The zero-order valence-corrected chi connectivity index (χ0v) is 21.3. The van der Waals surface area contributed by atoms with Crippen LogP contribution >= 0.6 is 0 Å². The molecule has 6 nitrogen and oxygen atoms in total. The van der Waals surface area contributed by atoms with Gasteiger partial charge in [-0.25, -0.2) is 8.78 Å². The summed E-state index contributed by atoms with van der Waals surface area (Å²) in [6, 6.07) is 14.4. The summed E-state index contributed by atoms with van der Waals surface area (Å²) in [5, 5.41) is 35.7. The van der Waals surface area contributed by atoms with Gasteiger partial charge in [0.25, 0.3) is 5.91 Å². The van der Waals surface area contributed by atoms with Crippen LogP contribution in [0, 0.1) is 18.6 Å². The molecule has 0 unspecified atom stereocenters. The molecular weight excluding hydrogens is 478 g/mol. The Labute approximate surface area is 216 Å². The Morgan fingerprint density at radius 1 is 1.08 bits per heavy atom. The highest BCUT2D eigenvalue weighted by molar-refractivity contribution is 5.94. The van der Waals surface area contributed by atoms with E-state index < -0.39 is 23.3 Å². The van der Waals surface area contributed by atoms with Gasteiger partial charge in [-0.1, -0.05) is 24.3 Å². The molecule has 3 rings (SSSR count). The number of hydrogen-bond acceptors (Lipinski definition) is 5. The van der Waals surface area contributed by atoms with Gasteiger partial charge in [-0.2, -0.15) is 0 Å². The molecule has 0 fully saturated rings. The number of hydrogen-bond donors (Lipinski definition) is 5. The summed E-state index contributed by atoms with van der Waals surface area (Å²) in [6.07, 6.45) is -0.228. The summed E-state index contributed by atoms with van der Waals surface area (Å²) in [5.41, 5.74) is 2.17. The number of β-amino-alcohol motifs (C(OH)–C–C–N with tert-alkyl or cyclic N) is 1. The van der Waals surface area contributed by atoms with Crippen molar-refractivity contribution in [1.29, 1.82) is 0 Å². The van der Waals surface area contributed by atoms with Crippen LogP contribution in [0.25, 0.3) is 0 Å². The molecule has 0 saturated heterocycles. The highest BCUT2D eigenvalue weighted by Gasteiger charge is 2.21. The van der Waals surface area contributed by atoms with Crippen LogP contribution in [0.15, 0.2) is 54.6 Å². The number of rotatable bonds is 11. The maximum atomic E-state index is 14.2. The molecule has 8 heteroatoms. The second kappa shape index (κ2) is 12.3. The summed E-state index contributed by atoms with van der Waals surface area (Å²) >= 11 is 0. The molecule has 0 spiro atoms. The van der Waals surface area contributed by atoms with Crippen molar-refractivity contribution in [3.63, 3.8) is 0 Å². The Morgan fingerprint density at radius 3 is 2.57 bits per heavy atom. The number of aliphatic hydroxyl groups is 2. The zero-order chi connectivity index (χ0) is 27.2. The number of aryl methyl sites for hydroxylation is 1. The van der Waals surface area contributed by atoms with Crippen LogP contribution in [0.4, 0.5) is 8.78 Å². The molecule has 0 aliphatic rings. The van der Waals surface area contributed by atoms with Gasteiger partial charge in [-0.05, 0) is 80.6 Å². The minimum atomic E-state index is -0.842. The Bertz CT molecular complexity index is 1250. The molecule has 1 atom stereocenters. The van der Waals surface area contributed by atoms with E-state index in [0.29, 0.717) is 28.7 Å². The molecule has 37 heavy (non-hydrogen) atoms. The summed E-state index contributed by atoms with van der Waals surface area (Å²) in [4.78, 5) is 12.7. The van der Waals surface area contributed by atoms with Crippen molar-refractivity contribution >= 4 is 5.91 Å². The fraction of sp³-hybridized carbons (Fsp3) is 0.345. The Morgan fingerprint density at radius 2 is 1.84 bits per heavy atom. The highest BCUT2D eigenvalue weighted by Crippen LogP contribution is 2.23. The average molecular weight is 513 g/mol. The number of carbonyl (C=O) groups is 1. The van der Waals surface area contributed by atoms with E-state index in [1.54, 1.807) is 37.3 Å². The number of nitrogens with one attached hydrogen (secondary N) is 2. The summed E-state index contributed by atoms with van der Waals surface area (Å²) < 4.78 is 28.1. The second-order valence-electron chi connectivity index (χ2n) is 9.87. The number of aliphatic hydroxyl groups excluding tert-OH is 2. The van der Waals surface area contributed by atoms with Gasteiger partial charge < -0.3 is 26.0 Å². The van der Waals surface area contributed by atoms with E-state index in [9.17, 15) is 28.9 Å². The minimum Gasteiger partial charge on any atom is -0.508 e. The number of amides is 1. The monoisotopic (exact) mass is 512 g/mol. The lowest BCUT2D eigenvalue weighted by Gasteiger charge is -2.28. The van der Waals surface area contributed by atoms with Gasteiger partial charge in [0.2, 0.25) is 0 Å². The molecule has 3 aromatic carbocycles. The lowest BCUT2D eigenvalue weighted by Crippen LogP contribution is -2.43. The van der Waals surface area contributed by atoms with E-state index in [-0.39, 0.29) is 43.3 Å². The largest absolute Gasteiger partial charge is 0.508 e. The molecule has 0 heterocycles. The summed E-state index contributed by atoms with van der Waals surface area (Å²) in [5.74, 6) is -1.57. The van der Waals surface area contributed by atoms with Gasteiger partial charge in [-0.3, -0.25) is 4.79 Å². The van der Waals surface area contributed by atoms with E-state index in [0.717, 1.165) is 5.56 Å². The first kappa shape index (κ1) is 28.2. The Kier molecular flexibility index (Phi) is 9.37. The molecule has 3 aromatic rings. The van der Waals surface area contributed by atoms with Gasteiger partial charge in [0, 0.05) is 35.3 Å². The smallest absolute Gasteiger partial charge is 0.251 e. The quantitative estimate of drug-likeness (QED) is 0.266. The fourth-order valence-electron chi connectivity index (χ4n) is 4.17. The summed E-state index contributed by atoms with van der Waals surface area (Å²) in [6.45, 7) is 5.55.